The van der Waals surface area contributed by atoms with Crippen molar-refractivity contribution in [2.75, 3.05) is 32.7 Å². The Balaban J connectivity index is 1.18. The maximum atomic E-state index is 13.0. The molecule has 0 aromatic heterocycles. The second kappa shape index (κ2) is 13.1. The highest BCUT2D eigenvalue weighted by atomic mass is 16.3. The van der Waals surface area contributed by atoms with Crippen molar-refractivity contribution in [2.24, 2.45) is 0 Å². The van der Waals surface area contributed by atoms with E-state index in [0.29, 0.717) is 45.3 Å². The zero-order valence-corrected chi connectivity index (χ0v) is 23.7. The first-order valence-electron chi connectivity index (χ1n) is 13.6. The van der Waals surface area contributed by atoms with Crippen molar-refractivity contribution in [1.29, 1.82) is 0 Å². The van der Waals surface area contributed by atoms with Crippen LogP contribution in [0, 0.1) is 0 Å². The number of rotatable bonds is 8. The number of nitrogens with one attached hydrogen (secondary N) is 4. The van der Waals surface area contributed by atoms with Crippen molar-refractivity contribution >= 4 is 57.8 Å². The van der Waals surface area contributed by atoms with E-state index in [1.54, 1.807) is 97.1 Å². The lowest BCUT2D eigenvalue weighted by Crippen LogP contribution is -2.16. The summed E-state index contributed by atoms with van der Waals surface area (Å²) in [5.41, 5.74) is 15.2. The minimum absolute atomic E-state index is 0.107. The van der Waals surface area contributed by atoms with Gasteiger partial charge in [0.15, 0.2) is 0 Å². The first kappa shape index (κ1) is 29.9. The number of anilines is 6. The van der Waals surface area contributed by atoms with Crippen LogP contribution in [0.25, 0.3) is 0 Å². The highest BCUT2D eigenvalue weighted by Crippen LogP contribution is 2.23. The molecule has 0 aliphatic heterocycles. The van der Waals surface area contributed by atoms with Crippen molar-refractivity contribution in [2.45, 2.75) is 0 Å². The zero-order valence-electron chi connectivity index (χ0n) is 23.7. The maximum absolute atomic E-state index is 13.0. The summed E-state index contributed by atoms with van der Waals surface area (Å²) in [4.78, 5) is 50.7. The lowest BCUT2D eigenvalue weighted by Gasteiger charge is -2.11. The van der Waals surface area contributed by atoms with Crippen molar-refractivity contribution < 1.29 is 24.3 Å². The molecular formula is C34H28N6O5. The molecule has 5 rings (SSSR count). The molecule has 0 spiro atoms. The monoisotopic (exact) mass is 600 g/mol. The molecule has 0 fully saturated rings. The van der Waals surface area contributed by atoms with Crippen LogP contribution in [-0.2, 0) is 0 Å². The molecule has 0 atom stereocenters. The third kappa shape index (κ3) is 7.62. The van der Waals surface area contributed by atoms with Gasteiger partial charge in [0.2, 0.25) is 0 Å². The van der Waals surface area contributed by atoms with Crippen LogP contribution in [0.15, 0.2) is 115 Å². The number of nitrogen functional groups attached to an aromatic ring is 2. The summed E-state index contributed by atoms with van der Waals surface area (Å²) >= 11 is 0. The molecule has 5 aromatic carbocycles. The van der Waals surface area contributed by atoms with Gasteiger partial charge >= 0.3 is 0 Å². The average molecular weight is 601 g/mol. The molecule has 0 saturated carbocycles. The van der Waals surface area contributed by atoms with E-state index >= 15 is 0 Å². The molecule has 0 bridgehead atoms. The summed E-state index contributed by atoms with van der Waals surface area (Å²) in [5, 5.41) is 21.3. The Labute approximate surface area is 257 Å². The quantitative estimate of drug-likeness (QED) is 0.113. The molecule has 0 saturated heterocycles. The minimum atomic E-state index is -0.637. The molecule has 0 aliphatic rings. The molecule has 0 unspecified atom stereocenters. The van der Waals surface area contributed by atoms with Crippen LogP contribution >= 0.6 is 0 Å². The molecular weight excluding hydrogens is 572 g/mol. The van der Waals surface area contributed by atoms with Crippen LogP contribution in [-0.4, -0.2) is 28.7 Å². The van der Waals surface area contributed by atoms with Gasteiger partial charge in [-0.2, -0.15) is 0 Å². The number of aromatic hydroxyl groups is 1. The Hall–Kier alpha value is -6.62. The Bertz CT molecular complexity index is 1870. The summed E-state index contributed by atoms with van der Waals surface area (Å²) < 4.78 is 0. The molecule has 11 nitrogen and oxygen atoms in total. The molecule has 0 heterocycles. The standard InChI is InChI=1S/C34H28N6O5/c35-23-6-1-20(2-7-23)31(42)37-25-10-12-27(13-11-25)39-33(44)22-5-18-30(41)29(19-22)34(45)40-28-16-14-26(15-17-28)38-32(43)21-3-8-24(36)9-4-21/h1-19,41H,35-36H2,(H,37,42)(H,38,43)(H,39,44)(H,40,45). The van der Waals surface area contributed by atoms with E-state index in [1.807, 2.05) is 0 Å². The third-order valence-electron chi connectivity index (χ3n) is 6.65. The fourth-order valence-corrected chi connectivity index (χ4v) is 4.21. The SMILES string of the molecule is Nc1ccc(C(=O)Nc2ccc(NC(=O)c3ccc(O)c(C(=O)Nc4ccc(NC(=O)c5ccc(N)cc5)cc4)c3)cc2)cc1. The Morgan fingerprint density at radius 3 is 1.11 bits per heavy atom. The highest BCUT2D eigenvalue weighted by molar-refractivity contribution is 6.10. The number of phenolic OH excluding ortho intramolecular Hbond substituents is 1. The molecule has 224 valence electrons. The summed E-state index contributed by atoms with van der Waals surface area (Å²) in [6, 6.07) is 29.8. The maximum Gasteiger partial charge on any atom is 0.259 e. The van der Waals surface area contributed by atoms with Gasteiger partial charge in [0.25, 0.3) is 23.6 Å². The molecule has 0 radical (unpaired) electrons. The van der Waals surface area contributed by atoms with E-state index in [9.17, 15) is 24.3 Å². The number of benzene rings is 5. The first-order valence-corrected chi connectivity index (χ1v) is 13.6. The fraction of sp³-hybridized carbons (Fsp3) is 0. The molecule has 45 heavy (non-hydrogen) atoms. The minimum Gasteiger partial charge on any atom is -0.507 e. The van der Waals surface area contributed by atoms with Crippen molar-refractivity contribution in [3.05, 3.63) is 138 Å². The highest BCUT2D eigenvalue weighted by Gasteiger charge is 2.16. The number of amides is 4. The lowest BCUT2D eigenvalue weighted by molar-refractivity contribution is 0.101. The van der Waals surface area contributed by atoms with E-state index in [-0.39, 0.29) is 28.7 Å². The first-order chi connectivity index (χ1) is 21.6. The number of hydrogen-bond acceptors (Lipinski definition) is 7. The van der Waals surface area contributed by atoms with Crippen LogP contribution in [0.1, 0.15) is 41.4 Å². The van der Waals surface area contributed by atoms with E-state index < -0.39 is 11.8 Å². The number of carbonyl (C=O) groups excluding carboxylic acids is 4. The smallest absolute Gasteiger partial charge is 0.259 e. The van der Waals surface area contributed by atoms with E-state index in [2.05, 4.69) is 21.3 Å². The predicted molar refractivity (Wildman–Crippen MR) is 175 cm³/mol. The second-order valence-corrected chi connectivity index (χ2v) is 9.95. The van der Waals surface area contributed by atoms with E-state index in [0.717, 1.165) is 0 Å². The van der Waals surface area contributed by atoms with E-state index in [1.165, 1.54) is 18.2 Å². The number of carbonyl (C=O) groups is 4. The Kier molecular flexibility index (Phi) is 8.71. The van der Waals surface area contributed by atoms with Crippen LogP contribution in [0.3, 0.4) is 0 Å². The van der Waals surface area contributed by atoms with E-state index in [4.69, 9.17) is 11.5 Å². The number of nitrogens with two attached hydrogens (primary N) is 2. The van der Waals surface area contributed by atoms with Crippen LogP contribution in [0.2, 0.25) is 0 Å². The van der Waals surface area contributed by atoms with Gasteiger partial charge in [0.1, 0.15) is 5.75 Å². The molecule has 4 amide bonds. The largest absolute Gasteiger partial charge is 0.507 e. The second-order valence-electron chi connectivity index (χ2n) is 9.95. The Morgan fingerprint density at radius 1 is 0.422 bits per heavy atom. The summed E-state index contributed by atoms with van der Waals surface area (Å²) in [6.45, 7) is 0. The fourth-order valence-electron chi connectivity index (χ4n) is 4.21. The lowest BCUT2D eigenvalue weighted by atomic mass is 10.1. The van der Waals surface area contributed by atoms with Gasteiger partial charge in [0, 0.05) is 50.8 Å². The molecule has 9 N–H and O–H groups in total. The third-order valence-corrected chi connectivity index (χ3v) is 6.65. The van der Waals surface area contributed by atoms with Crippen molar-refractivity contribution in [1.82, 2.24) is 0 Å². The molecule has 0 aliphatic carbocycles. The van der Waals surface area contributed by atoms with Crippen LogP contribution in [0.4, 0.5) is 34.1 Å². The van der Waals surface area contributed by atoms with Gasteiger partial charge in [-0.15, -0.1) is 0 Å². The van der Waals surface area contributed by atoms with Gasteiger partial charge in [-0.1, -0.05) is 0 Å². The predicted octanol–water partition coefficient (Wildman–Crippen LogP) is 5.57. The topological polar surface area (TPSA) is 189 Å². The summed E-state index contributed by atoms with van der Waals surface area (Å²) in [6.07, 6.45) is 0. The van der Waals surface area contributed by atoms with Gasteiger partial charge in [-0.25, -0.2) is 0 Å². The van der Waals surface area contributed by atoms with Gasteiger partial charge in [-0.05, 0) is 115 Å². The van der Waals surface area contributed by atoms with Gasteiger partial charge < -0.3 is 37.8 Å². The summed E-state index contributed by atoms with van der Waals surface area (Å²) in [5.74, 6) is -2.08. The zero-order chi connectivity index (χ0) is 31.9. The van der Waals surface area contributed by atoms with Gasteiger partial charge in [-0.3, -0.25) is 19.2 Å². The molecule has 5 aromatic rings. The van der Waals surface area contributed by atoms with Crippen LogP contribution in [0.5, 0.6) is 5.75 Å². The summed E-state index contributed by atoms with van der Waals surface area (Å²) in [7, 11) is 0. The van der Waals surface area contributed by atoms with Gasteiger partial charge in [0.05, 0.1) is 5.56 Å². The van der Waals surface area contributed by atoms with Crippen LogP contribution < -0.4 is 32.7 Å². The van der Waals surface area contributed by atoms with Crippen molar-refractivity contribution in [3.63, 3.8) is 0 Å². The number of phenols is 1. The molecule has 11 heteroatoms. The average Bonchev–Trinajstić information content (AvgIpc) is 3.03. The Morgan fingerprint density at radius 2 is 0.733 bits per heavy atom. The van der Waals surface area contributed by atoms with Crippen molar-refractivity contribution in [3.8, 4) is 5.75 Å². The number of hydrogen-bond donors (Lipinski definition) is 7. The normalized spacial score (nSPS) is 10.4.